The molecule has 0 amide bonds. The summed E-state index contributed by atoms with van der Waals surface area (Å²) in [6, 6.07) is 12.9. The van der Waals surface area contributed by atoms with Crippen molar-refractivity contribution in [1.82, 2.24) is 0 Å². The van der Waals surface area contributed by atoms with E-state index in [1.807, 2.05) is 32.0 Å². The van der Waals surface area contributed by atoms with E-state index in [1.54, 1.807) is 6.07 Å². The van der Waals surface area contributed by atoms with Crippen molar-refractivity contribution in [2.24, 2.45) is 0 Å². The van der Waals surface area contributed by atoms with Crippen LogP contribution in [0.3, 0.4) is 0 Å². The van der Waals surface area contributed by atoms with Crippen LogP contribution in [0.1, 0.15) is 11.1 Å². The van der Waals surface area contributed by atoms with Gasteiger partial charge in [0, 0.05) is 22.8 Å². The summed E-state index contributed by atoms with van der Waals surface area (Å²) in [7, 11) is 0. The third-order valence-electron chi connectivity index (χ3n) is 3.96. The molecule has 0 spiro atoms. The highest BCUT2D eigenvalue weighted by Crippen LogP contribution is 2.42. The van der Waals surface area contributed by atoms with Crippen molar-refractivity contribution in [3.8, 4) is 22.3 Å². The summed E-state index contributed by atoms with van der Waals surface area (Å²) in [5.74, 6) is -1.34. The van der Waals surface area contributed by atoms with Crippen LogP contribution in [-0.4, -0.2) is 0 Å². The van der Waals surface area contributed by atoms with E-state index in [2.05, 4.69) is 6.07 Å². The summed E-state index contributed by atoms with van der Waals surface area (Å²) in [6.07, 6.45) is 0. The zero-order chi connectivity index (χ0) is 17.4. The van der Waals surface area contributed by atoms with Crippen molar-refractivity contribution in [3.63, 3.8) is 0 Å². The Kier molecular flexibility index (Phi) is 4.62. The number of aryl methyl sites for hydroxylation is 2. The zero-order valence-corrected chi connectivity index (χ0v) is 14.6. The van der Waals surface area contributed by atoms with Gasteiger partial charge < -0.3 is 0 Å². The Morgan fingerprint density at radius 1 is 0.750 bits per heavy atom. The van der Waals surface area contributed by atoms with Gasteiger partial charge in [-0.3, -0.25) is 0 Å². The van der Waals surface area contributed by atoms with Crippen LogP contribution in [0.15, 0.2) is 48.5 Å². The number of hydrogen-bond donors (Lipinski definition) is 0. The molecule has 0 unspecified atom stereocenters. The Bertz CT molecular complexity index is 933. The maximum Gasteiger partial charge on any atom is 0.134 e. The fourth-order valence-corrected chi connectivity index (χ4v) is 3.49. The largest absolute Gasteiger partial charge is 0.207 e. The summed E-state index contributed by atoms with van der Waals surface area (Å²) in [6.45, 7) is 4.00. The first-order chi connectivity index (χ1) is 11.4. The van der Waals surface area contributed by atoms with E-state index in [1.165, 1.54) is 12.1 Å². The number of hydrogen-bond acceptors (Lipinski definition) is 0. The second-order valence-electron chi connectivity index (χ2n) is 5.73. The summed E-state index contributed by atoms with van der Waals surface area (Å²) >= 11 is 12.8. The minimum absolute atomic E-state index is 0.179. The second-order valence-corrected chi connectivity index (χ2v) is 6.51. The molecule has 0 radical (unpaired) electrons. The molecule has 0 nitrogen and oxygen atoms in total. The van der Waals surface area contributed by atoms with Crippen LogP contribution in [0.25, 0.3) is 22.3 Å². The molecule has 122 valence electrons. The smallest absolute Gasteiger partial charge is 0.134 e. The fourth-order valence-electron chi connectivity index (χ4n) is 2.82. The molecule has 3 rings (SSSR count). The average molecular weight is 363 g/mol. The Hall–Kier alpha value is -1.90. The highest BCUT2D eigenvalue weighted by atomic mass is 35.5. The molecular weight excluding hydrogens is 349 g/mol. The van der Waals surface area contributed by atoms with Crippen molar-refractivity contribution >= 4 is 23.2 Å². The third kappa shape index (κ3) is 3.04. The Balaban J connectivity index is 2.25. The highest BCUT2D eigenvalue weighted by Gasteiger charge is 2.18. The summed E-state index contributed by atoms with van der Waals surface area (Å²) in [4.78, 5) is 0. The van der Waals surface area contributed by atoms with Gasteiger partial charge in [0.2, 0.25) is 0 Å². The van der Waals surface area contributed by atoms with Crippen molar-refractivity contribution < 1.29 is 8.78 Å². The van der Waals surface area contributed by atoms with Gasteiger partial charge in [-0.05, 0) is 43.2 Å². The Labute approximate surface area is 149 Å². The quantitative estimate of drug-likeness (QED) is 0.451. The van der Waals surface area contributed by atoms with Crippen LogP contribution >= 0.6 is 23.2 Å². The molecule has 0 N–H and O–H groups in total. The van der Waals surface area contributed by atoms with E-state index in [4.69, 9.17) is 23.2 Å². The summed E-state index contributed by atoms with van der Waals surface area (Å²) in [5.41, 5.74) is 4.46. The van der Waals surface area contributed by atoms with Crippen LogP contribution in [0, 0.1) is 25.5 Å². The van der Waals surface area contributed by atoms with E-state index in [-0.39, 0.29) is 5.56 Å². The van der Waals surface area contributed by atoms with Gasteiger partial charge in [0.1, 0.15) is 11.6 Å². The summed E-state index contributed by atoms with van der Waals surface area (Å²) in [5, 5.41) is 0.666. The lowest BCUT2D eigenvalue weighted by molar-refractivity contribution is 0.585. The molecule has 24 heavy (non-hydrogen) atoms. The lowest BCUT2D eigenvalue weighted by atomic mass is 9.95. The third-order valence-corrected chi connectivity index (χ3v) is 4.67. The van der Waals surface area contributed by atoms with E-state index in [0.717, 1.165) is 28.3 Å². The van der Waals surface area contributed by atoms with Crippen LogP contribution in [0.5, 0.6) is 0 Å². The SMILES string of the molecule is Cc1ccc(-c2ccc(Cl)c(-c3ccc(F)cc3F)c2Cl)c(C)c1. The number of halogens is 4. The molecule has 0 saturated heterocycles. The molecule has 0 heterocycles. The van der Waals surface area contributed by atoms with Gasteiger partial charge in [0.25, 0.3) is 0 Å². The van der Waals surface area contributed by atoms with E-state index < -0.39 is 11.6 Å². The van der Waals surface area contributed by atoms with Crippen molar-refractivity contribution in [2.75, 3.05) is 0 Å². The molecule has 4 heteroatoms. The Morgan fingerprint density at radius 3 is 2.08 bits per heavy atom. The molecule has 0 bridgehead atoms. The first kappa shape index (κ1) is 16.9. The van der Waals surface area contributed by atoms with E-state index in [0.29, 0.717) is 15.6 Å². The van der Waals surface area contributed by atoms with E-state index in [9.17, 15) is 8.78 Å². The van der Waals surface area contributed by atoms with Gasteiger partial charge in [-0.2, -0.15) is 0 Å². The normalized spacial score (nSPS) is 10.9. The number of rotatable bonds is 2. The monoisotopic (exact) mass is 362 g/mol. The standard InChI is InChI=1S/C20H14Cl2F2/c1-11-3-5-14(12(2)9-11)15-7-8-17(21)19(20(15)22)16-6-4-13(23)10-18(16)24/h3-10H,1-2H3. The first-order valence-corrected chi connectivity index (χ1v) is 8.15. The zero-order valence-electron chi connectivity index (χ0n) is 13.1. The minimum Gasteiger partial charge on any atom is -0.207 e. The molecule has 0 aliphatic heterocycles. The van der Waals surface area contributed by atoms with Crippen LogP contribution in [-0.2, 0) is 0 Å². The molecule has 0 aliphatic rings. The van der Waals surface area contributed by atoms with Crippen LogP contribution in [0.4, 0.5) is 8.78 Å². The average Bonchev–Trinajstić information content (AvgIpc) is 2.50. The first-order valence-electron chi connectivity index (χ1n) is 7.39. The fraction of sp³-hybridized carbons (Fsp3) is 0.100. The van der Waals surface area contributed by atoms with Gasteiger partial charge in [-0.15, -0.1) is 0 Å². The molecule has 0 fully saturated rings. The van der Waals surface area contributed by atoms with Crippen LogP contribution < -0.4 is 0 Å². The van der Waals surface area contributed by atoms with Gasteiger partial charge in [0.05, 0.1) is 10.0 Å². The number of benzene rings is 3. The van der Waals surface area contributed by atoms with Gasteiger partial charge in [0.15, 0.2) is 0 Å². The Morgan fingerprint density at radius 2 is 1.42 bits per heavy atom. The van der Waals surface area contributed by atoms with Crippen molar-refractivity contribution in [3.05, 3.63) is 81.3 Å². The van der Waals surface area contributed by atoms with Crippen LogP contribution in [0.2, 0.25) is 10.0 Å². The molecule has 3 aromatic carbocycles. The summed E-state index contributed by atoms with van der Waals surface area (Å²) < 4.78 is 27.4. The second kappa shape index (κ2) is 6.54. The van der Waals surface area contributed by atoms with Gasteiger partial charge in [-0.25, -0.2) is 8.78 Å². The lowest BCUT2D eigenvalue weighted by Gasteiger charge is -2.15. The van der Waals surface area contributed by atoms with E-state index >= 15 is 0 Å². The minimum atomic E-state index is -0.698. The highest BCUT2D eigenvalue weighted by molar-refractivity contribution is 6.41. The predicted octanol–water partition coefficient (Wildman–Crippen LogP) is 7.22. The van der Waals surface area contributed by atoms with Gasteiger partial charge >= 0.3 is 0 Å². The molecular formula is C20H14Cl2F2. The lowest BCUT2D eigenvalue weighted by Crippen LogP contribution is -1.92. The predicted molar refractivity (Wildman–Crippen MR) is 96.7 cm³/mol. The maximum atomic E-state index is 14.2. The van der Waals surface area contributed by atoms with Crippen molar-refractivity contribution in [2.45, 2.75) is 13.8 Å². The molecule has 0 saturated carbocycles. The maximum absolute atomic E-state index is 14.2. The molecule has 3 aromatic rings. The molecule has 0 aromatic heterocycles. The van der Waals surface area contributed by atoms with Crippen molar-refractivity contribution in [1.29, 1.82) is 0 Å². The molecule has 0 aliphatic carbocycles. The van der Waals surface area contributed by atoms with Gasteiger partial charge in [-0.1, -0.05) is 53.0 Å². The molecule has 0 atom stereocenters. The topological polar surface area (TPSA) is 0 Å².